The molecule has 7 nitrogen and oxygen atoms in total. The number of phenols is 3. The first-order valence-electron chi connectivity index (χ1n) is 11.0. The highest BCUT2D eigenvalue weighted by atomic mass is 35.5. The van der Waals surface area contributed by atoms with Crippen molar-refractivity contribution >= 4 is 44.6 Å². The van der Waals surface area contributed by atoms with E-state index in [9.17, 15) is 28.5 Å². The molecule has 0 radical (unpaired) electrons. The molecule has 1 amide bonds. The van der Waals surface area contributed by atoms with Crippen molar-refractivity contribution in [2.45, 2.75) is 22.6 Å². The van der Waals surface area contributed by atoms with Crippen LogP contribution in [-0.2, 0) is 22.7 Å². The molecular weight excluding hydrogens is 537 g/mol. The molecule has 190 valence electrons. The first-order chi connectivity index (χ1) is 17.6. The van der Waals surface area contributed by atoms with Gasteiger partial charge in [0.1, 0.15) is 0 Å². The molecule has 10 heteroatoms. The van der Waals surface area contributed by atoms with Crippen molar-refractivity contribution in [3.8, 4) is 17.2 Å². The number of aryl methyl sites for hydroxylation is 2. The number of hydrogen-bond acceptors (Lipinski definition) is 6. The lowest BCUT2D eigenvalue weighted by molar-refractivity contribution is 0.102. The first kappa shape index (κ1) is 26.3. The third-order valence-corrected chi connectivity index (χ3v) is 8.07. The normalized spacial score (nSPS) is 11.3. The molecule has 0 unspecified atom stereocenters. The summed E-state index contributed by atoms with van der Waals surface area (Å²) in [6.07, 6.45) is 0.787. The highest BCUT2D eigenvalue weighted by Crippen LogP contribution is 2.41. The first-order valence-corrected chi connectivity index (χ1v) is 13.2. The quantitative estimate of drug-likeness (QED) is 0.207. The minimum absolute atomic E-state index is 0.000609. The standard InChI is InChI=1S/C27H21Cl2NO6S/c28-18-8-10-19(11-9-18)37(35,36)20-12-13-22(29)23(15-20)30-27(34)21-14-17(24(31)26(33)25(21)32)7-6-16-4-2-1-3-5-16/h1-5,8-15,31-33H,6-7H2,(H,30,34). The summed E-state index contributed by atoms with van der Waals surface area (Å²) >= 11 is 12.1. The van der Waals surface area contributed by atoms with Gasteiger partial charge < -0.3 is 20.6 Å². The molecule has 4 aromatic carbocycles. The number of carbonyl (C=O) groups excluding carboxylic acids is 1. The summed E-state index contributed by atoms with van der Waals surface area (Å²) in [5, 5.41) is 33.8. The van der Waals surface area contributed by atoms with E-state index in [1.165, 1.54) is 48.5 Å². The average molecular weight is 558 g/mol. The maximum absolute atomic E-state index is 13.1. The van der Waals surface area contributed by atoms with Crippen LogP contribution in [0.2, 0.25) is 10.0 Å². The summed E-state index contributed by atoms with van der Waals surface area (Å²) in [5.74, 6) is -3.05. The number of benzene rings is 4. The van der Waals surface area contributed by atoms with Gasteiger partial charge in [-0.25, -0.2) is 8.42 Å². The topological polar surface area (TPSA) is 124 Å². The van der Waals surface area contributed by atoms with Gasteiger partial charge in [0.25, 0.3) is 5.91 Å². The van der Waals surface area contributed by atoms with E-state index in [4.69, 9.17) is 23.2 Å². The molecule has 0 fully saturated rings. The summed E-state index contributed by atoms with van der Waals surface area (Å²) in [6.45, 7) is 0. The van der Waals surface area contributed by atoms with E-state index in [1.54, 1.807) is 0 Å². The average Bonchev–Trinajstić information content (AvgIpc) is 2.89. The monoisotopic (exact) mass is 557 g/mol. The number of phenolic OH excluding ortho intramolecular Hbond substituents is 3. The fraction of sp³-hybridized carbons (Fsp3) is 0.0741. The van der Waals surface area contributed by atoms with Crippen LogP contribution in [0.3, 0.4) is 0 Å². The number of anilines is 1. The van der Waals surface area contributed by atoms with Gasteiger partial charge in [0.2, 0.25) is 15.6 Å². The Labute approximate surface area is 223 Å². The molecule has 0 spiro atoms. The third-order valence-electron chi connectivity index (χ3n) is 5.72. The molecule has 0 atom stereocenters. The maximum Gasteiger partial charge on any atom is 0.259 e. The van der Waals surface area contributed by atoms with Gasteiger partial charge in [-0.15, -0.1) is 0 Å². The number of aromatic hydroxyl groups is 3. The van der Waals surface area contributed by atoms with Crippen LogP contribution in [0.15, 0.2) is 88.7 Å². The second-order valence-electron chi connectivity index (χ2n) is 8.17. The number of nitrogens with one attached hydrogen (secondary N) is 1. The molecule has 0 aromatic heterocycles. The molecule has 37 heavy (non-hydrogen) atoms. The largest absolute Gasteiger partial charge is 0.504 e. The van der Waals surface area contributed by atoms with Gasteiger partial charge in [0.05, 0.1) is 26.1 Å². The second-order valence-corrected chi connectivity index (χ2v) is 11.0. The van der Waals surface area contributed by atoms with Crippen LogP contribution in [0.1, 0.15) is 21.5 Å². The molecule has 4 rings (SSSR count). The fourth-order valence-corrected chi connectivity index (χ4v) is 5.27. The van der Waals surface area contributed by atoms with Crippen LogP contribution in [0.25, 0.3) is 0 Å². The third kappa shape index (κ3) is 5.67. The molecular formula is C27H21Cl2NO6S. The maximum atomic E-state index is 13.1. The van der Waals surface area contributed by atoms with Crippen molar-refractivity contribution in [1.29, 1.82) is 0 Å². The molecule has 0 aliphatic rings. The van der Waals surface area contributed by atoms with Gasteiger partial charge >= 0.3 is 0 Å². The Morgan fingerprint density at radius 3 is 2.08 bits per heavy atom. The van der Waals surface area contributed by atoms with E-state index >= 15 is 0 Å². The minimum Gasteiger partial charge on any atom is -0.504 e. The lowest BCUT2D eigenvalue weighted by atomic mass is 10.00. The zero-order chi connectivity index (χ0) is 26.7. The SMILES string of the molecule is O=C(Nc1cc(S(=O)(=O)c2ccc(Cl)cc2)ccc1Cl)c1cc(CCc2ccccc2)c(O)c(O)c1O. The van der Waals surface area contributed by atoms with Gasteiger partial charge in [0.15, 0.2) is 11.5 Å². The molecule has 4 N–H and O–H groups in total. The van der Waals surface area contributed by atoms with Gasteiger partial charge in [-0.05, 0) is 72.5 Å². The van der Waals surface area contributed by atoms with Crippen LogP contribution in [0.5, 0.6) is 17.2 Å². The lowest BCUT2D eigenvalue weighted by Crippen LogP contribution is -2.14. The lowest BCUT2D eigenvalue weighted by Gasteiger charge is -2.14. The summed E-state index contributed by atoms with van der Waals surface area (Å²) in [4.78, 5) is 12.9. The fourth-order valence-electron chi connectivity index (χ4n) is 3.70. The van der Waals surface area contributed by atoms with Crippen molar-refractivity contribution < 1.29 is 28.5 Å². The van der Waals surface area contributed by atoms with Gasteiger partial charge in [-0.2, -0.15) is 0 Å². The van der Waals surface area contributed by atoms with E-state index in [1.807, 2.05) is 30.3 Å². The molecule has 0 aliphatic carbocycles. The van der Waals surface area contributed by atoms with E-state index in [0.717, 1.165) is 5.56 Å². The highest BCUT2D eigenvalue weighted by molar-refractivity contribution is 7.91. The van der Waals surface area contributed by atoms with E-state index in [0.29, 0.717) is 11.4 Å². The Hall–Kier alpha value is -3.72. The molecule has 0 saturated heterocycles. The van der Waals surface area contributed by atoms with Crippen molar-refractivity contribution in [1.82, 2.24) is 0 Å². The van der Waals surface area contributed by atoms with Gasteiger partial charge in [0, 0.05) is 5.02 Å². The van der Waals surface area contributed by atoms with Crippen LogP contribution in [0.4, 0.5) is 5.69 Å². The number of rotatable bonds is 7. The van der Waals surface area contributed by atoms with Crippen molar-refractivity contribution in [3.05, 3.63) is 106 Å². The highest BCUT2D eigenvalue weighted by Gasteiger charge is 2.23. The van der Waals surface area contributed by atoms with Crippen LogP contribution < -0.4 is 5.32 Å². The van der Waals surface area contributed by atoms with Crippen molar-refractivity contribution in [3.63, 3.8) is 0 Å². The number of hydrogen-bond donors (Lipinski definition) is 4. The summed E-state index contributed by atoms with van der Waals surface area (Å²) in [6, 6.07) is 20.1. The summed E-state index contributed by atoms with van der Waals surface area (Å²) in [5.41, 5.74) is 0.875. The Morgan fingerprint density at radius 1 is 0.757 bits per heavy atom. The Balaban J connectivity index is 1.63. The predicted molar refractivity (Wildman–Crippen MR) is 142 cm³/mol. The number of halogens is 2. The number of amides is 1. The van der Waals surface area contributed by atoms with Crippen LogP contribution >= 0.6 is 23.2 Å². The molecule has 0 saturated carbocycles. The van der Waals surface area contributed by atoms with Crippen LogP contribution in [-0.4, -0.2) is 29.6 Å². The Bertz CT molecular complexity index is 1570. The summed E-state index contributed by atoms with van der Waals surface area (Å²) in [7, 11) is -3.95. The zero-order valence-corrected chi connectivity index (χ0v) is 21.5. The van der Waals surface area contributed by atoms with Gasteiger partial charge in [-0.3, -0.25) is 4.79 Å². The Kier molecular flexibility index (Phi) is 7.63. The van der Waals surface area contributed by atoms with Crippen molar-refractivity contribution in [2.75, 3.05) is 5.32 Å². The minimum atomic E-state index is -3.95. The number of sulfone groups is 1. The van der Waals surface area contributed by atoms with Gasteiger partial charge in [-0.1, -0.05) is 53.5 Å². The molecule has 0 aliphatic heterocycles. The van der Waals surface area contributed by atoms with E-state index in [2.05, 4.69) is 5.32 Å². The zero-order valence-electron chi connectivity index (χ0n) is 19.2. The smallest absolute Gasteiger partial charge is 0.259 e. The van der Waals surface area contributed by atoms with Crippen LogP contribution in [0, 0.1) is 0 Å². The molecule has 0 heterocycles. The number of carbonyl (C=O) groups is 1. The van der Waals surface area contributed by atoms with E-state index < -0.39 is 33.0 Å². The molecule has 4 aromatic rings. The summed E-state index contributed by atoms with van der Waals surface area (Å²) < 4.78 is 26.1. The van der Waals surface area contributed by atoms with E-state index in [-0.39, 0.29) is 38.0 Å². The Morgan fingerprint density at radius 2 is 1.41 bits per heavy atom. The molecule has 0 bridgehead atoms. The second kappa shape index (κ2) is 10.7. The predicted octanol–water partition coefficient (Wildman–Crippen LogP) is 5.98. The van der Waals surface area contributed by atoms with Crippen molar-refractivity contribution in [2.24, 2.45) is 0 Å².